The third-order valence-corrected chi connectivity index (χ3v) is 3.50. The molecule has 0 amide bonds. The molecule has 5 heteroatoms. The number of unbranched alkanes of at least 4 members (excludes halogenated alkanes) is 3. The van der Waals surface area contributed by atoms with E-state index in [2.05, 4.69) is 0 Å². The monoisotopic (exact) mass is 298 g/mol. The van der Waals surface area contributed by atoms with Crippen LogP contribution in [0.2, 0.25) is 0 Å². The molecule has 1 rings (SSSR count). The molecule has 0 aromatic heterocycles. The second-order valence-electron chi connectivity index (χ2n) is 5.14. The molecule has 0 aromatic carbocycles. The molecule has 21 heavy (non-hydrogen) atoms. The molecule has 0 spiro atoms. The molecule has 120 valence electrons. The van der Waals surface area contributed by atoms with Gasteiger partial charge in [0.05, 0.1) is 13.2 Å². The second kappa shape index (κ2) is 9.55. The van der Waals surface area contributed by atoms with Gasteiger partial charge in [-0.3, -0.25) is 9.59 Å². The number of ether oxygens (including phenoxy) is 2. The number of hydrogen-bond donors (Lipinski definition) is 1. The van der Waals surface area contributed by atoms with Gasteiger partial charge in [-0.2, -0.15) is 0 Å². The van der Waals surface area contributed by atoms with E-state index in [4.69, 9.17) is 9.47 Å². The molecule has 0 saturated heterocycles. The predicted molar refractivity (Wildman–Crippen MR) is 78.6 cm³/mol. The Kier molecular flexibility index (Phi) is 8.05. The Morgan fingerprint density at radius 2 is 1.90 bits per heavy atom. The second-order valence-corrected chi connectivity index (χ2v) is 5.14. The smallest absolute Gasteiger partial charge is 0.305 e. The first kappa shape index (κ1) is 17.7. The van der Waals surface area contributed by atoms with Gasteiger partial charge in [-0.05, 0) is 33.1 Å². The first-order valence-electron chi connectivity index (χ1n) is 7.82. The van der Waals surface area contributed by atoms with Gasteiger partial charge in [0, 0.05) is 18.4 Å². The molecule has 0 aromatic rings. The zero-order valence-electron chi connectivity index (χ0n) is 13.0. The Morgan fingerprint density at radius 3 is 2.57 bits per heavy atom. The van der Waals surface area contributed by atoms with Crippen molar-refractivity contribution < 1.29 is 24.2 Å². The Labute approximate surface area is 126 Å². The zero-order valence-corrected chi connectivity index (χ0v) is 13.0. The Morgan fingerprint density at radius 1 is 1.19 bits per heavy atom. The number of carbonyl (C=O) groups is 2. The van der Waals surface area contributed by atoms with Gasteiger partial charge in [-0.15, -0.1) is 0 Å². The maximum atomic E-state index is 11.8. The zero-order chi connectivity index (χ0) is 15.7. The molecule has 1 N–H and O–H groups in total. The summed E-state index contributed by atoms with van der Waals surface area (Å²) in [7, 11) is 0. The lowest BCUT2D eigenvalue weighted by atomic mass is 10.0. The lowest BCUT2D eigenvalue weighted by Gasteiger charge is -2.07. The summed E-state index contributed by atoms with van der Waals surface area (Å²) in [6.45, 7) is 4.61. The molecule has 1 aliphatic rings. The predicted octanol–water partition coefficient (Wildman–Crippen LogP) is 2.51. The molecule has 1 atom stereocenters. The van der Waals surface area contributed by atoms with Crippen molar-refractivity contribution in [3.05, 3.63) is 11.3 Å². The summed E-state index contributed by atoms with van der Waals surface area (Å²) in [4.78, 5) is 23.0. The van der Waals surface area contributed by atoms with Crippen LogP contribution in [0.4, 0.5) is 0 Å². The van der Waals surface area contributed by atoms with Crippen molar-refractivity contribution in [2.75, 3.05) is 13.2 Å². The van der Waals surface area contributed by atoms with Gasteiger partial charge in [0.2, 0.25) is 0 Å². The minimum Gasteiger partial charge on any atom is -0.498 e. The number of ketones is 1. The van der Waals surface area contributed by atoms with Gasteiger partial charge in [-0.1, -0.05) is 12.8 Å². The fourth-order valence-corrected chi connectivity index (χ4v) is 2.47. The average Bonchev–Trinajstić information content (AvgIpc) is 2.70. The maximum Gasteiger partial charge on any atom is 0.305 e. The molecule has 1 unspecified atom stereocenters. The van der Waals surface area contributed by atoms with Crippen LogP contribution in [-0.4, -0.2) is 36.2 Å². The van der Waals surface area contributed by atoms with E-state index in [1.807, 2.05) is 6.92 Å². The van der Waals surface area contributed by atoms with Crippen LogP contribution in [0.3, 0.4) is 0 Å². The van der Waals surface area contributed by atoms with Crippen LogP contribution in [0.1, 0.15) is 58.8 Å². The Bertz CT molecular complexity index is 386. The van der Waals surface area contributed by atoms with Crippen LogP contribution < -0.4 is 0 Å². The van der Waals surface area contributed by atoms with Crippen molar-refractivity contribution in [3.8, 4) is 0 Å². The number of carbonyl (C=O) groups excluding carboxylic acids is 2. The standard InChI is InChI=1S/C16H26O5/c1-3-20-14-11-13(17)16(19)12(14)9-7-5-6-8-10-15(18)21-4-2/h13,17H,3-11H2,1-2H3. The fourth-order valence-electron chi connectivity index (χ4n) is 2.47. The highest BCUT2D eigenvalue weighted by Crippen LogP contribution is 2.28. The van der Waals surface area contributed by atoms with Crippen molar-refractivity contribution in [2.45, 2.75) is 64.9 Å². The van der Waals surface area contributed by atoms with E-state index in [1.54, 1.807) is 6.92 Å². The summed E-state index contributed by atoms with van der Waals surface area (Å²) in [6.07, 6.45) is 4.05. The molecule has 0 bridgehead atoms. The minimum absolute atomic E-state index is 0.145. The van der Waals surface area contributed by atoms with Crippen LogP contribution in [0.5, 0.6) is 0 Å². The van der Waals surface area contributed by atoms with Crippen LogP contribution in [0.15, 0.2) is 11.3 Å². The van der Waals surface area contributed by atoms with Crippen molar-refractivity contribution >= 4 is 11.8 Å². The first-order chi connectivity index (χ1) is 10.1. The van der Waals surface area contributed by atoms with Crippen molar-refractivity contribution in [1.82, 2.24) is 0 Å². The molecular formula is C16H26O5. The Balaban J connectivity index is 2.23. The van der Waals surface area contributed by atoms with Gasteiger partial charge in [0.25, 0.3) is 0 Å². The van der Waals surface area contributed by atoms with Crippen molar-refractivity contribution in [2.24, 2.45) is 0 Å². The summed E-state index contributed by atoms with van der Waals surface area (Å²) in [6, 6.07) is 0. The molecular weight excluding hydrogens is 272 g/mol. The van der Waals surface area contributed by atoms with Crippen LogP contribution >= 0.6 is 0 Å². The van der Waals surface area contributed by atoms with E-state index >= 15 is 0 Å². The SMILES string of the molecule is CCOC(=O)CCCCCCC1=C(OCC)CC(O)C1=O. The molecule has 0 saturated carbocycles. The highest BCUT2D eigenvalue weighted by molar-refractivity contribution is 6.01. The van der Waals surface area contributed by atoms with Crippen LogP contribution in [0, 0.1) is 0 Å². The molecule has 0 radical (unpaired) electrons. The summed E-state index contributed by atoms with van der Waals surface area (Å²) in [5.41, 5.74) is 0.648. The highest BCUT2D eigenvalue weighted by Gasteiger charge is 2.32. The highest BCUT2D eigenvalue weighted by atomic mass is 16.5. The third kappa shape index (κ3) is 5.87. The molecule has 1 aliphatic carbocycles. The van der Waals surface area contributed by atoms with Gasteiger partial charge >= 0.3 is 5.97 Å². The van der Waals surface area contributed by atoms with E-state index < -0.39 is 6.10 Å². The topological polar surface area (TPSA) is 72.8 Å². The minimum atomic E-state index is -0.926. The lowest BCUT2D eigenvalue weighted by molar-refractivity contribution is -0.143. The first-order valence-corrected chi connectivity index (χ1v) is 7.82. The van der Waals surface area contributed by atoms with Crippen molar-refractivity contribution in [1.29, 1.82) is 0 Å². The van der Waals surface area contributed by atoms with Crippen molar-refractivity contribution in [3.63, 3.8) is 0 Å². The average molecular weight is 298 g/mol. The summed E-state index contributed by atoms with van der Waals surface area (Å²) >= 11 is 0. The summed E-state index contributed by atoms with van der Waals surface area (Å²) in [5, 5.41) is 9.59. The Hall–Kier alpha value is -1.36. The van der Waals surface area contributed by atoms with Gasteiger partial charge in [0.1, 0.15) is 11.9 Å². The maximum absolute atomic E-state index is 11.8. The molecule has 0 aliphatic heterocycles. The quantitative estimate of drug-likeness (QED) is 0.495. The number of aliphatic hydroxyl groups is 1. The van der Waals surface area contributed by atoms with E-state index in [9.17, 15) is 14.7 Å². The number of Topliss-reactive ketones (excluding diaryl/α,β-unsaturated/α-hetero) is 1. The van der Waals surface area contributed by atoms with E-state index in [-0.39, 0.29) is 11.8 Å². The molecule has 0 heterocycles. The molecule has 5 nitrogen and oxygen atoms in total. The van der Waals surface area contributed by atoms with Gasteiger partial charge in [0.15, 0.2) is 5.78 Å². The number of rotatable bonds is 10. The normalized spacial score (nSPS) is 18.2. The summed E-state index contributed by atoms with van der Waals surface area (Å²) in [5.74, 6) is 0.319. The lowest BCUT2D eigenvalue weighted by Crippen LogP contribution is -2.15. The van der Waals surface area contributed by atoms with Crippen LogP contribution in [-0.2, 0) is 19.1 Å². The van der Waals surface area contributed by atoms with E-state index in [0.717, 1.165) is 25.7 Å². The summed E-state index contributed by atoms with van der Waals surface area (Å²) < 4.78 is 10.3. The van der Waals surface area contributed by atoms with E-state index in [1.165, 1.54) is 0 Å². The number of hydrogen-bond acceptors (Lipinski definition) is 5. The van der Waals surface area contributed by atoms with E-state index in [0.29, 0.717) is 43.8 Å². The number of esters is 1. The molecule has 0 fully saturated rings. The third-order valence-electron chi connectivity index (χ3n) is 3.50. The largest absolute Gasteiger partial charge is 0.498 e. The van der Waals surface area contributed by atoms with Gasteiger partial charge in [-0.25, -0.2) is 0 Å². The van der Waals surface area contributed by atoms with Crippen LogP contribution in [0.25, 0.3) is 0 Å². The number of aliphatic hydroxyl groups excluding tert-OH is 1. The van der Waals surface area contributed by atoms with Gasteiger partial charge < -0.3 is 14.6 Å². The fraction of sp³-hybridized carbons (Fsp3) is 0.750.